The third-order valence-electron chi connectivity index (χ3n) is 9.01. The average Bonchev–Trinajstić information content (AvgIpc) is 2.96. The predicted octanol–water partition coefficient (Wildman–Crippen LogP) is 7.62. The highest BCUT2D eigenvalue weighted by molar-refractivity contribution is 5.69. The van der Waals surface area contributed by atoms with Crippen LogP contribution in [-0.4, -0.2) is 58.8 Å². The number of nitrogens with zero attached hydrogens (tertiary/aromatic N) is 1. The van der Waals surface area contributed by atoms with Crippen molar-refractivity contribution in [1.82, 2.24) is 0 Å². The maximum Gasteiger partial charge on any atom is 0.306 e. The SMILES string of the molecule is CC/C=C/CCCCCCCCCCCCCCCC[N+](CCC(C)C(=O)[O-])(CCC(C)C(=O)O)CCC(C)C(=O)O. The van der Waals surface area contributed by atoms with Gasteiger partial charge in [0.25, 0.3) is 0 Å². The van der Waals surface area contributed by atoms with Crippen LogP contribution in [0.2, 0.25) is 0 Å². The van der Waals surface area contributed by atoms with Crippen molar-refractivity contribution in [1.29, 1.82) is 0 Å². The van der Waals surface area contributed by atoms with Gasteiger partial charge < -0.3 is 24.6 Å². The monoisotopic (exact) mass is 595 g/mol. The summed E-state index contributed by atoms with van der Waals surface area (Å²) in [5.74, 6) is -4.31. The van der Waals surface area contributed by atoms with E-state index < -0.39 is 35.7 Å². The van der Waals surface area contributed by atoms with Gasteiger partial charge in [-0.25, -0.2) is 0 Å². The standard InChI is InChI=1S/C35H65NO6/c1-5-6-7-8-9-10-11-12-13-14-15-16-17-18-19-20-21-22-26-36(27-23-30(2)33(37)38,28-24-31(3)34(39)40)29-25-32(4)35(41)42/h6-7,30-32H,5,8-29H2,1-4H3,(H2-,37,38,39,40,41,42)/b7-6+. The summed E-state index contributed by atoms with van der Waals surface area (Å²) in [5.41, 5.74) is 0. The molecule has 3 unspecified atom stereocenters. The summed E-state index contributed by atoms with van der Waals surface area (Å²) >= 11 is 0. The normalized spacial score (nSPS) is 15.3. The van der Waals surface area contributed by atoms with E-state index in [1.54, 1.807) is 20.8 Å². The van der Waals surface area contributed by atoms with Gasteiger partial charge in [0, 0.05) is 31.1 Å². The van der Waals surface area contributed by atoms with Crippen LogP contribution in [0.25, 0.3) is 0 Å². The Labute approximate surface area is 257 Å². The van der Waals surface area contributed by atoms with Crippen molar-refractivity contribution in [2.24, 2.45) is 17.8 Å². The van der Waals surface area contributed by atoms with Crippen molar-refractivity contribution >= 4 is 17.9 Å². The van der Waals surface area contributed by atoms with Crippen LogP contribution < -0.4 is 5.11 Å². The van der Waals surface area contributed by atoms with Gasteiger partial charge in [-0.3, -0.25) is 9.59 Å². The summed E-state index contributed by atoms with van der Waals surface area (Å²) in [5, 5.41) is 30.2. The number of carbonyl (C=O) groups is 3. The average molecular weight is 596 g/mol. The Kier molecular flexibility index (Phi) is 24.4. The molecule has 0 aromatic rings. The summed E-state index contributed by atoms with van der Waals surface area (Å²) in [7, 11) is 0. The number of rotatable bonds is 30. The molecule has 0 bridgehead atoms. The Morgan fingerprint density at radius 3 is 1.29 bits per heavy atom. The number of allylic oxidation sites excluding steroid dienone is 2. The first-order chi connectivity index (χ1) is 20.0. The minimum atomic E-state index is -1.07. The molecule has 0 aromatic carbocycles. The van der Waals surface area contributed by atoms with E-state index in [1.807, 2.05) is 0 Å². The number of carboxylic acids is 3. The van der Waals surface area contributed by atoms with Gasteiger partial charge in [0.05, 0.1) is 38.0 Å². The molecule has 0 spiro atoms. The third kappa shape index (κ3) is 21.8. The second-order valence-electron chi connectivity index (χ2n) is 12.9. The van der Waals surface area contributed by atoms with Crippen molar-refractivity contribution in [3.05, 3.63) is 12.2 Å². The summed E-state index contributed by atoms with van der Waals surface area (Å²) in [4.78, 5) is 34.4. The number of aliphatic carboxylic acids is 3. The van der Waals surface area contributed by atoms with E-state index in [-0.39, 0.29) is 0 Å². The fourth-order valence-corrected chi connectivity index (χ4v) is 5.55. The van der Waals surface area contributed by atoms with Crippen LogP contribution >= 0.6 is 0 Å². The molecule has 0 aliphatic heterocycles. The van der Waals surface area contributed by atoms with Crippen molar-refractivity contribution < 1.29 is 34.2 Å². The Morgan fingerprint density at radius 2 is 0.929 bits per heavy atom. The van der Waals surface area contributed by atoms with Gasteiger partial charge in [-0.2, -0.15) is 0 Å². The van der Waals surface area contributed by atoms with E-state index in [2.05, 4.69) is 19.1 Å². The molecule has 246 valence electrons. The molecule has 0 saturated heterocycles. The smallest absolute Gasteiger partial charge is 0.306 e. The Hall–Kier alpha value is -1.89. The first-order valence-corrected chi connectivity index (χ1v) is 17.2. The summed E-state index contributed by atoms with van der Waals surface area (Å²) in [6.07, 6.45) is 26.2. The lowest BCUT2D eigenvalue weighted by Gasteiger charge is -2.41. The quantitative estimate of drug-likeness (QED) is 0.0501. The zero-order valence-corrected chi connectivity index (χ0v) is 27.6. The summed E-state index contributed by atoms with van der Waals surface area (Å²) < 4.78 is 0.586. The second kappa shape index (κ2) is 25.6. The lowest BCUT2D eigenvalue weighted by atomic mass is 10.0. The molecule has 0 aliphatic carbocycles. The maximum atomic E-state index is 11.5. The van der Waals surface area contributed by atoms with E-state index in [1.165, 1.54) is 83.5 Å². The zero-order chi connectivity index (χ0) is 31.6. The highest BCUT2D eigenvalue weighted by Crippen LogP contribution is 2.22. The van der Waals surface area contributed by atoms with E-state index >= 15 is 0 Å². The molecule has 3 atom stereocenters. The van der Waals surface area contributed by atoms with Crippen molar-refractivity contribution in [3.63, 3.8) is 0 Å². The lowest BCUT2D eigenvalue weighted by molar-refractivity contribution is -0.929. The van der Waals surface area contributed by atoms with Crippen molar-refractivity contribution in [3.8, 4) is 0 Å². The van der Waals surface area contributed by atoms with Crippen LogP contribution in [0.1, 0.15) is 150 Å². The number of hydrogen-bond acceptors (Lipinski definition) is 4. The molecule has 7 nitrogen and oxygen atoms in total. The largest absolute Gasteiger partial charge is 0.550 e. The molecule has 0 amide bonds. The molecule has 0 fully saturated rings. The molecule has 0 heterocycles. The minimum Gasteiger partial charge on any atom is -0.550 e. The fraction of sp³-hybridized carbons (Fsp3) is 0.857. The molecule has 7 heteroatoms. The summed E-state index contributed by atoms with van der Waals surface area (Å²) in [6, 6.07) is 0. The molecule has 42 heavy (non-hydrogen) atoms. The van der Waals surface area contributed by atoms with Gasteiger partial charge >= 0.3 is 11.9 Å². The fourth-order valence-electron chi connectivity index (χ4n) is 5.55. The molecule has 0 aliphatic rings. The van der Waals surface area contributed by atoms with Crippen LogP contribution in [0.5, 0.6) is 0 Å². The van der Waals surface area contributed by atoms with Gasteiger partial charge in [0.2, 0.25) is 0 Å². The van der Waals surface area contributed by atoms with E-state index in [4.69, 9.17) is 0 Å². The van der Waals surface area contributed by atoms with E-state index in [0.717, 1.165) is 25.8 Å². The van der Waals surface area contributed by atoms with Crippen LogP contribution in [0, 0.1) is 17.8 Å². The maximum absolute atomic E-state index is 11.5. The number of unbranched alkanes of at least 4 members (excludes halogenated alkanes) is 14. The Balaban J connectivity index is 4.48. The minimum absolute atomic E-state index is 0.446. The zero-order valence-electron chi connectivity index (χ0n) is 27.6. The van der Waals surface area contributed by atoms with Crippen LogP contribution in [0.15, 0.2) is 12.2 Å². The topological polar surface area (TPSA) is 115 Å². The second-order valence-corrected chi connectivity index (χ2v) is 12.9. The van der Waals surface area contributed by atoms with Crippen LogP contribution in [0.4, 0.5) is 0 Å². The highest BCUT2D eigenvalue weighted by atomic mass is 16.4. The Morgan fingerprint density at radius 1 is 0.571 bits per heavy atom. The lowest BCUT2D eigenvalue weighted by Crippen LogP contribution is -2.52. The van der Waals surface area contributed by atoms with Gasteiger partial charge in [-0.1, -0.05) is 110 Å². The van der Waals surface area contributed by atoms with E-state index in [0.29, 0.717) is 43.4 Å². The molecule has 2 N–H and O–H groups in total. The molecule has 0 radical (unpaired) electrons. The third-order valence-corrected chi connectivity index (χ3v) is 9.01. The number of carbonyl (C=O) groups excluding carboxylic acids is 1. The van der Waals surface area contributed by atoms with E-state index in [9.17, 15) is 29.7 Å². The van der Waals surface area contributed by atoms with Gasteiger partial charge in [-0.05, 0) is 32.1 Å². The molecular formula is C35H65NO6. The van der Waals surface area contributed by atoms with Crippen molar-refractivity contribution in [2.75, 3.05) is 26.2 Å². The number of hydrogen-bond donors (Lipinski definition) is 2. The van der Waals surface area contributed by atoms with Crippen molar-refractivity contribution in [2.45, 2.75) is 150 Å². The number of carboxylic acid groups (broad SMARTS) is 3. The van der Waals surface area contributed by atoms with Crippen LogP contribution in [-0.2, 0) is 14.4 Å². The first kappa shape index (κ1) is 40.1. The van der Waals surface area contributed by atoms with Crippen LogP contribution in [0.3, 0.4) is 0 Å². The highest BCUT2D eigenvalue weighted by Gasteiger charge is 2.30. The molecule has 0 aromatic heterocycles. The number of quaternary nitrogens is 1. The van der Waals surface area contributed by atoms with Gasteiger partial charge in [-0.15, -0.1) is 0 Å². The molecular weight excluding hydrogens is 530 g/mol. The molecule has 0 rings (SSSR count). The Bertz CT molecular complexity index is 677. The molecule has 0 saturated carbocycles. The van der Waals surface area contributed by atoms with Gasteiger partial charge in [0.1, 0.15) is 0 Å². The first-order valence-electron chi connectivity index (χ1n) is 17.2. The predicted molar refractivity (Wildman–Crippen MR) is 170 cm³/mol. The summed E-state index contributed by atoms with van der Waals surface area (Å²) in [6.45, 7) is 9.91. The van der Waals surface area contributed by atoms with Gasteiger partial charge in [0.15, 0.2) is 0 Å².